The van der Waals surface area contributed by atoms with Gasteiger partial charge in [0.15, 0.2) is 0 Å². The molecule has 2 rings (SSSR count). The summed E-state index contributed by atoms with van der Waals surface area (Å²) in [4.78, 5) is -0.132. The fourth-order valence-electron chi connectivity index (χ4n) is 1.96. The lowest BCUT2D eigenvalue weighted by Gasteiger charge is -2.14. The molecule has 118 valence electrons. The number of halogens is 1. The number of aromatic hydroxyl groups is 2. The second-order valence-corrected chi connectivity index (χ2v) is 6.82. The van der Waals surface area contributed by atoms with Crippen molar-refractivity contribution in [2.45, 2.75) is 24.7 Å². The minimum atomic E-state index is -3.97. The van der Waals surface area contributed by atoms with E-state index >= 15 is 0 Å². The molecule has 0 atom stereocenters. The van der Waals surface area contributed by atoms with E-state index in [4.69, 9.17) is 0 Å². The lowest BCUT2D eigenvalue weighted by molar-refractivity contribution is 0.445. The highest BCUT2D eigenvalue weighted by Crippen LogP contribution is 2.36. The molecule has 7 heteroatoms. The summed E-state index contributed by atoms with van der Waals surface area (Å²) in [5, 5.41) is 19.6. The van der Waals surface area contributed by atoms with Crippen LogP contribution in [0.2, 0.25) is 0 Å². The zero-order valence-corrected chi connectivity index (χ0v) is 12.9. The van der Waals surface area contributed by atoms with E-state index in [0.717, 1.165) is 30.3 Å². The van der Waals surface area contributed by atoms with Crippen molar-refractivity contribution in [1.29, 1.82) is 0 Å². The van der Waals surface area contributed by atoms with Crippen molar-refractivity contribution in [3.63, 3.8) is 0 Å². The zero-order valence-electron chi connectivity index (χ0n) is 12.0. The molecule has 0 saturated heterocycles. The van der Waals surface area contributed by atoms with Crippen molar-refractivity contribution in [3.05, 3.63) is 47.8 Å². The van der Waals surface area contributed by atoms with Gasteiger partial charge < -0.3 is 10.2 Å². The molecule has 0 aliphatic heterocycles. The Kier molecular flexibility index (Phi) is 4.27. The fourth-order valence-corrected chi connectivity index (χ4v) is 3.02. The van der Waals surface area contributed by atoms with E-state index in [1.807, 2.05) is 13.8 Å². The Balaban J connectivity index is 2.41. The topological polar surface area (TPSA) is 86.6 Å². The number of anilines is 1. The summed E-state index contributed by atoms with van der Waals surface area (Å²) in [7, 11) is -3.97. The smallest absolute Gasteiger partial charge is 0.262 e. The predicted molar refractivity (Wildman–Crippen MR) is 81.1 cm³/mol. The first-order valence-electron chi connectivity index (χ1n) is 6.55. The molecule has 0 aliphatic carbocycles. The average molecular weight is 325 g/mol. The summed E-state index contributed by atoms with van der Waals surface area (Å²) in [6.07, 6.45) is 0. The molecule has 0 spiro atoms. The lowest BCUT2D eigenvalue weighted by Crippen LogP contribution is -2.13. The maximum Gasteiger partial charge on any atom is 0.262 e. The summed E-state index contributed by atoms with van der Waals surface area (Å²) in [5.41, 5.74) is 0.445. The van der Waals surface area contributed by atoms with Gasteiger partial charge in [-0.15, -0.1) is 0 Å². The molecular weight excluding hydrogens is 309 g/mol. The van der Waals surface area contributed by atoms with E-state index in [-0.39, 0.29) is 22.3 Å². The van der Waals surface area contributed by atoms with Crippen molar-refractivity contribution >= 4 is 15.7 Å². The quantitative estimate of drug-likeness (QED) is 0.595. The molecule has 0 radical (unpaired) electrons. The largest absolute Gasteiger partial charge is 0.508 e. The van der Waals surface area contributed by atoms with E-state index in [0.29, 0.717) is 5.56 Å². The Hall–Kier alpha value is -2.28. The van der Waals surface area contributed by atoms with Crippen LogP contribution in [0.5, 0.6) is 11.5 Å². The number of hydrogen-bond acceptors (Lipinski definition) is 4. The second kappa shape index (κ2) is 5.84. The molecule has 0 bridgehead atoms. The van der Waals surface area contributed by atoms with Crippen LogP contribution >= 0.6 is 0 Å². The number of sulfonamides is 1. The molecule has 3 N–H and O–H groups in total. The Bertz CT molecular complexity index is 786. The number of nitrogens with one attached hydrogen (secondary N) is 1. The molecule has 0 heterocycles. The van der Waals surface area contributed by atoms with Gasteiger partial charge in [0.1, 0.15) is 17.3 Å². The maximum atomic E-state index is 12.9. The molecule has 22 heavy (non-hydrogen) atoms. The summed E-state index contributed by atoms with van der Waals surface area (Å²) in [6.45, 7) is 3.65. The van der Waals surface area contributed by atoms with Crippen LogP contribution in [0.1, 0.15) is 25.3 Å². The fraction of sp³-hybridized carbons (Fsp3) is 0.200. The van der Waals surface area contributed by atoms with Crippen molar-refractivity contribution in [1.82, 2.24) is 0 Å². The highest BCUT2D eigenvalue weighted by molar-refractivity contribution is 7.92. The van der Waals surface area contributed by atoms with Crippen LogP contribution in [0.25, 0.3) is 0 Å². The van der Waals surface area contributed by atoms with Gasteiger partial charge in [-0.25, -0.2) is 12.8 Å². The van der Waals surface area contributed by atoms with Crippen LogP contribution in [0.15, 0.2) is 41.3 Å². The van der Waals surface area contributed by atoms with Crippen LogP contribution in [-0.2, 0) is 10.0 Å². The third-order valence-corrected chi connectivity index (χ3v) is 4.52. The van der Waals surface area contributed by atoms with E-state index in [9.17, 15) is 23.0 Å². The first-order valence-corrected chi connectivity index (χ1v) is 8.03. The summed E-state index contributed by atoms with van der Waals surface area (Å²) in [5.74, 6) is -1.12. The molecule has 2 aromatic carbocycles. The van der Waals surface area contributed by atoms with Gasteiger partial charge in [-0.05, 0) is 41.8 Å². The highest BCUT2D eigenvalue weighted by atomic mass is 32.2. The van der Waals surface area contributed by atoms with Gasteiger partial charge in [-0.3, -0.25) is 4.72 Å². The van der Waals surface area contributed by atoms with Crippen LogP contribution in [0.4, 0.5) is 10.1 Å². The molecule has 0 amide bonds. The first kappa shape index (κ1) is 16.1. The van der Waals surface area contributed by atoms with Gasteiger partial charge in [0.25, 0.3) is 10.0 Å². The van der Waals surface area contributed by atoms with E-state index in [1.54, 1.807) is 0 Å². The van der Waals surface area contributed by atoms with Crippen LogP contribution in [0, 0.1) is 5.82 Å². The van der Waals surface area contributed by atoms with Crippen molar-refractivity contribution < 1.29 is 23.0 Å². The molecule has 0 unspecified atom stereocenters. The molecular formula is C15H16FNO4S. The molecule has 0 saturated carbocycles. The summed E-state index contributed by atoms with van der Waals surface area (Å²) < 4.78 is 39.6. The van der Waals surface area contributed by atoms with E-state index in [1.165, 1.54) is 6.07 Å². The molecule has 5 nitrogen and oxygen atoms in total. The van der Waals surface area contributed by atoms with E-state index in [2.05, 4.69) is 4.72 Å². The van der Waals surface area contributed by atoms with Gasteiger partial charge in [-0.2, -0.15) is 0 Å². The second-order valence-electron chi connectivity index (χ2n) is 5.14. The normalized spacial score (nSPS) is 11.6. The van der Waals surface area contributed by atoms with Crippen molar-refractivity contribution in [2.24, 2.45) is 0 Å². The van der Waals surface area contributed by atoms with Crippen LogP contribution in [-0.4, -0.2) is 18.6 Å². The third kappa shape index (κ3) is 3.30. The van der Waals surface area contributed by atoms with Gasteiger partial charge in [0, 0.05) is 6.07 Å². The molecule has 0 fully saturated rings. The average Bonchev–Trinajstić information content (AvgIpc) is 2.41. The van der Waals surface area contributed by atoms with E-state index < -0.39 is 21.6 Å². The molecule has 0 aromatic heterocycles. The lowest BCUT2D eigenvalue weighted by atomic mass is 10.0. The summed E-state index contributed by atoms with van der Waals surface area (Å²) >= 11 is 0. The maximum absolute atomic E-state index is 12.9. The zero-order chi connectivity index (χ0) is 16.5. The van der Waals surface area contributed by atoms with Gasteiger partial charge >= 0.3 is 0 Å². The number of benzene rings is 2. The number of hydrogen-bond donors (Lipinski definition) is 3. The standard InChI is InChI=1S/C15H16FNO4S/c1-9(2)12-7-13(15(19)8-14(12)18)17-22(20,21)11-5-3-10(16)4-6-11/h3-9,17-19H,1-2H3. The minimum Gasteiger partial charge on any atom is -0.508 e. The molecule has 0 aliphatic rings. The third-order valence-electron chi connectivity index (χ3n) is 3.14. The highest BCUT2D eigenvalue weighted by Gasteiger charge is 2.18. The Morgan fingerprint density at radius 1 is 1.05 bits per heavy atom. The minimum absolute atomic E-state index is 0.0502. The number of phenols is 2. The van der Waals surface area contributed by atoms with Crippen molar-refractivity contribution in [2.75, 3.05) is 4.72 Å². The van der Waals surface area contributed by atoms with Gasteiger partial charge in [0.05, 0.1) is 10.6 Å². The predicted octanol–water partition coefficient (Wildman–Crippen LogP) is 3.16. The number of phenolic OH excluding ortho intramolecular Hbond substituents is 2. The molecule has 2 aromatic rings. The number of rotatable bonds is 4. The SMILES string of the molecule is CC(C)c1cc(NS(=O)(=O)c2ccc(F)cc2)c(O)cc1O. The Morgan fingerprint density at radius 2 is 1.64 bits per heavy atom. The first-order chi connectivity index (χ1) is 10.2. The van der Waals surface area contributed by atoms with Crippen LogP contribution < -0.4 is 4.72 Å². The van der Waals surface area contributed by atoms with Gasteiger partial charge in [0.2, 0.25) is 0 Å². The Morgan fingerprint density at radius 3 is 2.18 bits per heavy atom. The summed E-state index contributed by atoms with van der Waals surface area (Å²) in [6, 6.07) is 6.76. The monoisotopic (exact) mass is 325 g/mol. The van der Waals surface area contributed by atoms with Crippen LogP contribution in [0.3, 0.4) is 0 Å². The van der Waals surface area contributed by atoms with Gasteiger partial charge in [-0.1, -0.05) is 13.8 Å². The Labute approximate surface area is 128 Å². The van der Waals surface area contributed by atoms with Crippen molar-refractivity contribution in [3.8, 4) is 11.5 Å².